The van der Waals surface area contributed by atoms with Crippen LogP contribution in [0.5, 0.6) is 0 Å². The minimum atomic E-state index is -0.627. The lowest BCUT2D eigenvalue weighted by Gasteiger charge is -2.11. The quantitative estimate of drug-likeness (QED) is 0.707. The summed E-state index contributed by atoms with van der Waals surface area (Å²) in [5.74, 6) is -0.305. The molecule has 2 N–H and O–H groups in total. The van der Waals surface area contributed by atoms with Gasteiger partial charge in [-0.2, -0.15) is 0 Å². The number of aliphatic hydroxyl groups is 1. The fourth-order valence-electron chi connectivity index (χ4n) is 1.37. The second kappa shape index (κ2) is 6.53. The molecule has 0 unspecified atom stereocenters. The van der Waals surface area contributed by atoms with Gasteiger partial charge < -0.3 is 10.4 Å². The maximum Gasteiger partial charge on any atom is 0.123 e. The summed E-state index contributed by atoms with van der Waals surface area (Å²) in [5, 5.41) is 12.8. The lowest BCUT2D eigenvalue weighted by Crippen LogP contribution is -2.22. The predicted octanol–water partition coefficient (Wildman–Crippen LogP) is 2.25. The Labute approximate surface area is 90.1 Å². The minimum Gasteiger partial charge on any atom is -0.387 e. The second-order valence-electron chi connectivity index (χ2n) is 3.63. The molecule has 1 atom stereocenters. The first kappa shape index (κ1) is 12.1. The summed E-state index contributed by atoms with van der Waals surface area (Å²) >= 11 is 0. The van der Waals surface area contributed by atoms with E-state index in [1.165, 1.54) is 12.1 Å². The summed E-state index contributed by atoms with van der Waals surface area (Å²) in [5.41, 5.74) is 0.624. The smallest absolute Gasteiger partial charge is 0.123 e. The predicted molar refractivity (Wildman–Crippen MR) is 59.1 cm³/mol. The van der Waals surface area contributed by atoms with Crippen LogP contribution in [0.1, 0.15) is 31.4 Å². The molecule has 15 heavy (non-hydrogen) atoms. The number of aliphatic hydroxyl groups excluding tert-OH is 1. The summed E-state index contributed by atoms with van der Waals surface area (Å²) in [6.45, 7) is 3.48. The van der Waals surface area contributed by atoms with Crippen LogP contribution in [0.3, 0.4) is 0 Å². The Morgan fingerprint density at radius 2 is 2.27 bits per heavy atom. The molecule has 0 aliphatic carbocycles. The molecule has 0 spiro atoms. The number of rotatable bonds is 6. The number of benzene rings is 1. The van der Waals surface area contributed by atoms with E-state index in [0.717, 1.165) is 19.4 Å². The average Bonchev–Trinajstić information content (AvgIpc) is 2.24. The van der Waals surface area contributed by atoms with Crippen molar-refractivity contribution in [3.63, 3.8) is 0 Å². The van der Waals surface area contributed by atoms with Gasteiger partial charge in [0.2, 0.25) is 0 Å². The molecule has 0 saturated heterocycles. The largest absolute Gasteiger partial charge is 0.387 e. The first-order valence-corrected chi connectivity index (χ1v) is 5.38. The highest BCUT2D eigenvalue weighted by Gasteiger charge is 2.06. The van der Waals surface area contributed by atoms with Crippen molar-refractivity contribution in [3.8, 4) is 0 Å². The van der Waals surface area contributed by atoms with E-state index in [1.807, 2.05) is 0 Å². The molecule has 1 rings (SSSR count). The molecule has 84 valence electrons. The van der Waals surface area contributed by atoms with E-state index in [1.54, 1.807) is 12.1 Å². The molecule has 2 nitrogen and oxygen atoms in total. The highest BCUT2D eigenvalue weighted by Crippen LogP contribution is 2.12. The van der Waals surface area contributed by atoms with Crippen molar-refractivity contribution in [2.75, 3.05) is 13.1 Å². The lowest BCUT2D eigenvalue weighted by atomic mass is 10.1. The number of nitrogens with one attached hydrogen (secondary N) is 1. The summed E-state index contributed by atoms with van der Waals surface area (Å²) in [4.78, 5) is 0. The van der Waals surface area contributed by atoms with Crippen LogP contribution in [0.15, 0.2) is 24.3 Å². The standard InChI is InChI=1S/C12H18FNO/c1-2-3-7-14-9-12(15)10-5-4-6-11(13)8-10/h4-6,8,12,14-15H,2-3,7,9H2,1H3/t12-/m0/s1. The van der Waals surface area contributed by atoms with E-state index < -0.39 is 6.10 Å². The number of hydrogen-bond acceptors (Lipinski definition) is 2. The van der Waals surface area contributed by atoms with Crippen molar-refractivity contribution < 1.29 is 9.50 Å². The van der Waals surface area contributed by atoms with Gasteiger partial charge in [0.15, 0.2) is 0 Å². The van der Waals surface area contributed by atoms with Crippen molar-refractivity contribution in [1.82, 2.24) is 5.32 Å². The van der Waals surface area contributed by atoms with Gasteiger partial charge in [-0.1, -0.05) is 25.5 Å². The van der Waals surface area contributed by atoms with Crippen LogP contribution >= 0.6 is 0 Å². The van der Waals surface area contributed by atoms with Crippen molar-refractivity contribution in [3.05, 3.63) is 35.6 Å². The monoisotopic (exact) mass is 211 g/mol. The molecule has 0 radical (unpaired) electrons. The molecular formula is C12H18FNO. The molecule has 0 aromatic heterocycles. The number of unbranched alkanes of at least 4 members (excludes halogenated alkanes) is 1. The molecule has 0 aliphatic rings. The van der Waals surface area contributed by atoms with Gasteiger partial charge in [0, 0.05) is 6.54 Å². The molecule has 0 amide bonds. The van der Waals surface area contributed by atoms with Crippen LogP contribution in [0, 0.1) is 5.82 Å². The first-order valence-electron chi connectivity index (χ1n) is 5.38. The number of hydrogen-bond donors (Lipinski definition) is 2. The molecule has 0 bridgehead atoms. The Morgan fingerprint density at radius 1 is 1.47 bits per heavy atom. The van der Waals surface area contributed by atoms with Gasteiger partial charge in [-0.3, -0.25) is 0 Å². The minimum absolute atomic E-state index is 0.305. The van der Waals surface area contributed by atoms with Crippen LogP contribution in [0.4, 0.5) is 4.39 Å². The third-order valence-corrected chi connectivity index (χ3v) is 2.28. The van der Waals surface area contributed by atoms with E-state index in [2.05, 4.69) is 12.2 Å². The van der Waals surface area contributed by atoms with Gasteiger partial charge in [0.25, 0.3) is 0 Å². The molecule has 1 aromatic rings. The molecule has 0 heterocycles. The van der Waals surface area contributed by atoms with E-state index in [-0.39, 0.29) is 5.82 Å². The van der Waals surface area contributed by atoms with Crippen LogP contribution in [0.2, 0.25) is 0 Å². The maximum absolute atomic E-state index is 12.8. The van der Waals surface area contributed by atoms with Crippen LogP contribution < -0.4 is 5.32 Å². The third kappa shape index (κ3) is 4.40. The molecule has 0 fully saturated rings. The Kier molecular flexibility index (Phi) is 5.29. The second-order valence-corrected chi connectivity index (χ2v) is 3.63. The Hall–Kier alpha value is -0.930. The van der Waals surface area contributed by atoms with E-state index in [4.69, 9.17) is 0 Å². The zero-order valence-corrected chi connectivity index (χ0v) is 9.04. The van der Waals surface area contributed by atoms with E-state index in [9.17, 15) is 9.50 Å². The van der Waals surface area contributed by atoms with Crippen molar-refractivity contribution in [1.29, 1.82) is 0 Å². The Morgan fingerprint density at radius 3 is 2.93 bits per heavy atom. The molecule has 0 aliphatic heterocycles. The zero-order valence-electron chi connectivity index (χ0n) is 9.04. The maximum atomic E-state index is 12.8. The number of halogens is 1. The summed E-state index contributed by atoms with van der Waals surface area (Å²) < 4.78 is 12.8. The Bertz CT molecular complexity index is 291. The average molecular weight is 211 g/mol. The molecular weight excluding hydrogens is 193 g/mol. The van der Waals surface area contributed by atoms with Gasteiger partial charge in [-0.05, 0) is 30.7 Å². The molecule has 3 heteroatoms. The van der Waals surface area contributed by atoms with E-state index in [0.29, 0.717) is 12.1 Å². The van der Waals surface area contributed by atoms with Crippen LogP contribution in [-0.2, 0) is 0 Å². The van der Waals surface area contributed by atoms with Gasteiger partial charge >= 0.3 is 0 Å². The van der Waals surface area contributed by atoms with Gasteiger partial charge in [-0.25, -0.2) is 4.39 Å². The lowest BCUT2D eigenvalue weighted by molar-refractivity contribution is 0.174. The third-order valence-electron chi connectivity index (χ3n) is 2.28. The first-order chi connectivity index (χ1) is 7.24. The van der Waals surface area contributed by atoms with Crippen molar-refractivity contribution in [2.45, 2.75) is 25.9 Å². The van der Waals surface area contributed by atoms with Crippen LogP contribution in [-0.4, -0.2) is 18.2 Å². The Balaban J connectivity index is 2.36. The molecule has 0 saturated carbocycles. The van der Waals surface area contributed by atoms with Gasteiger partial charge in [0.1, 0.15) is 5.82 Å². The van der Waals surface area contributed by atoms with Crippen LogP contribution in [0.25, 0.3) is 0 Å². The fourth-order valence-corrected chi connectivity index (χ4v) is 1.37. The van der Waals surface area contributed by atoms with Crippen molar-refractivity contribution in [2.24, 2.45) is 0 Å². The van der Waals surface area contributed by atoms with Gasteiger partial charge in [0.05, 0.1) is 6.10 Å². The topological polar surface area (TPSA) is 32.3 Å². The molecule has 1 aromatic carbocycles. The van der Waals surface area contributed by atoms with Crippen molar-refractivity contribution >= 4 is 0 Å². The summed E-state index contributed by atoms with van der Waals surface area (Å²) in [7, 11) is 0. The van der Waals surface area contributed by atoms with Gasteiger partial charge in [-0.15, -0.1) is 0 Å². The normalized spacial score (nSPS) is 12.7. The summed E-state index contributed by atoms with van der Waals surface area (Å²) in [6.07, 6.45) is 1.59. The zero-order chi connectivity index (χ0) is 11.1. The van der Waals surface area contributed by atoms with E-state index >= 15 is 0 Å². The fraction of sp³-hybridized carbons (Fsp3) is 0.500. The highest BCUT2D eigenvalue weighted by atomic mass is 19.1. The SMILES string of the molecule is CCCCNC[C@H](O)c1cccc(F)c1. The highest BCUT2D eigenvalue weighted by molar-refractivity contribution is 5.18. The summed E-state index contributed by atoms with van der Waals surface area (Å²) in [6, 6.07) is 6.09.